The molecule has 0 spiro atoms. The van der Waals surface area contributed by atoms with Crippen LogP contribution in [0.15, 0.2) is 0 Å². The van der Waals surface area contributed by atoms with Crippen LogP contribution in [0.4, 0.5) is 0 Å². The number of aliphatic hydroxyl groups is 1. The molecule has 1 fully saturated rings. The molecule has 0 aromatic rings. The number of ether oxygens (including phenoxy) is 3. The summed E-state index contributed by atoms with van der Waals surface area (Å²) in [7, 11) is 1.45. The van der Waals surface area contributed by atoms with E-state index in [4.69, 9.17) is 25.7 Å². The van der Waals surface area contributed by atoms with Crippen LogP contribution in [0.5, 0.6) is 0 Å². The summed E-state index contributed by atoms with van der Waals surface area (Å²) in [6.45, 7) is 0.554. The third-order valence-corrected chi connectivity index (χ3v) is 3.52. The summed E-state index contributed by atoms with van der Waals surface area (Å²) in [6.07, 6.45) is -0.779. The Morgan fingerprint density at radius 1 is 1.36 bits per heavy atom. The van der Waals surface area contributed by atoms with Crippen molar-refractivity contribution in [3.63, 3.8) is 0 Å². The maximum absolute atomic E-state index is 10.3. The molecular weight excluding hydrogens is 303 g/mol. The van der Waals surface area contributed by atoms with Crippen LogP contribution in [-0.2, 0) is 19.0 Å². The van der Waals surface area contributed by atoms with Gasteiger partial charge in [-0.25, -0.2) is 0 Å². The van der Waals surface area contributed by atoms with Gasteiger partial charge < -0.3 is 40.7 Å². The smallest absolute Gasteiger partial charge is 0.550 e. The summed E-state index contributed by atoms with van der Waals surface area (Å²) in [5, 5.41) is 20.4. The summed E-state index contributed by atoms with van der Waals surface area (Å²) in [5.74, 6) is -1.05. The van der Waals surface area contributed by atoms with Gasteiger partial charge in [0.2, 0.25) is 0 Å². The predicted molar refractivity (Wildman–Crippen MR) is 71.9 cm³/mol. The van der Waals surface area contributed by atoms with E-state index >= 15 is 0 Å². The summed E-state index contributed by atoms with van der Waals surface area (Å²) in [6, 6.07) is -0.708. The van der Waals surface area contributed by atoms with E-state index in [9.17, 15) is 15.0 Å². The minimum atomic E-state index is -1.05. The molecule has 0 bridgehead atoms. The summed E-state index contributed by atoms with van der Waals surface area (Å²) in [5.41, 5.74) is 11.5. The maximum Gasteiger partial charge on any atom is 1.00 e. The molecule has 5 atom stereocenters. The van der Waals surface area contributed by atoms with E-state index in [1.54, 1.807) is 0 Å². The normalized spacial score (nSPS) is 31.5. The fourth-order valence-electron chi connectivity index (χ4n) is 2.32. The molecule has 5 N–H and O–H groups in total. The Labute approximate surface area is 152 Å². The van der Waals surface area contributed by atoms with Crippen LogP contribution in [0.3, 0.4) is 0 Å². The van der Waals surface area contributed by atoms with E-state index < -0.39 is 36.6 Å². The number of hydrogen-bond donors (Lipinski definition) is 3. The average molecular weight is 328 g/mol. The third kappa shape index (κ3) is 6.77. The second kappa shape index (κ2) is 11.7. The van der Waals surface area contributed by atoms with Crippen molar-refractivity contribution < 1.29 is 58.8 Å². The number of unbranched alkanes of at least 4 members (excludes halogenated alkanes) is 2. The number of aliphatic carboxylic acids is 1. The Kier molecular flexibility index (Phi) is 11.8. The molecule has 1 saturated heterocycles. The first kappa shape index (κ1) is 22.2. The molecule has 0 unspecified atom stereocenters. The zero-order valence-electron chi connectivity index (χ0n) is 13.3. The summed E-state index contributed by atoms with van der Waals surface area (Å²) < 4.78 is 16.2. The molecule has 1 aliphatic heterocycles. The van der Waals surface area contributed by atoms with Gasteiger partial charge in [-0.2, -0.15) is 0 Å². The molecule has 1 aliphatic rings. The molecule has 0 saturated carbocycles. The fraction of sp³-hybridized carbons (Fsp3) is 0.923. The Hall–Kier alpha value is 0.230. The summed E-state index contributed by atoms with van der Waals surface area (Å²) >= 11 is 0. The van der Waals surface area contributed by atoms with Crippen molar-refractivity contribution in [1.82, 2.24) is 0 Å². The number of hydrogen-bond acceptors (Lipinski definition) is 8. The molecule has 1 rings (SSSR count). The SMILES string of the molecule is CO[C@H]1O[C@H](CN)[C@@H](OCCCCCC(=O)[O-])[C@H](O)[C@H]1N.[Na+]. The van der Waals surface area contributed by atoms with Crippen LogP contribution < -0.4 is 46.1 Å². The van der Waals surface area contributed by atoms with Crippen molar-refractivity contribution in [2.75, 3.05) is 20.3 Å². The van der Waals surface area contributed by atoms with Gasteiger partial charge in [0.1, 0.15) is 18.3 Å². The predicted octanol–water partition coefficient (Wildman–Crippen LogP) is -5.30. The van der Waals surface area contributed by atoms with Crippen molar-refractivity contribution in [2.24, 2.45) is 11.5 Å². The number of carboxylic acids is 1. The number of aliphatic hydroxyl groups excluding tert-OH is 1. The summed E-state index contributed by atoms with van der Waals surface area (Å²) in [4.78, 5) is 10.3. The molecule has 0 aromatic heterocycles. The quantitative estimate of drug-likeness (QED) is 0.282. The van der Waals surface area contributed by atoms with E-state index in [1.165, 1.54) is 7.11 Å². The number of methoxy groups -OCH3 is 1. The van der Waals surface area contributed by atoms with Crippen molar-refractivity contribution >= 4 is 5.97 Å². The van der Waals surface area contributed by atoms with E-state index in [0.717, 1.165) is 0 Å². The maximum atomic E-state index is 10.3. The monoisotopic (exact) mass is 328 g/mol. The van der Waals surface area contributed by atoms with Crippen molar-refractivity contribution in [1.29, 1.82) is 0 Å². The molecule has 9 heteroatoms. The van der Waals surface area contributed by atoms with Crippen LogP contribution in [0.1, 0.15) is 25.7 Å². The zero-order chi connectivity index (χ0) is 15.8. The van der Waals surface area contributed by atoms with E-state index in [1.807, 2.05) is 0 Å². The minimum Gasteiger partial charge on any atom is -0.550 e. The molecule has 0 aromatic carbocycles. The topological polar surface area (TPSA) is 140 Å². The van der Waals surface area contributed by atoms with Crippen molar-refractivity contribution in [3.8, 4) is 0 Å². The Morgan fingerprint density at radius 2 is 2.05 bits per heavy atom. The first-order chi connectivity index (χ1) is 10.0. The molecular formula is C13H25N2NaO6. The van der Waals surface area contributed by atoms with Crippen LogP contribution >= 0.6 is 0 Å². The first-order valence-electron chi connectivity index (χ1n) is 7.14. The standard InChI is InChI=1S/C13H26N2O6.Na/c1-19-13-10(15)11(18)12(8(7-14)21-13)20-6-4-2-3-5-9(16)17;/h8,10-13,18H,2-7,14-15H2,1H3,(H,16,17);/q;+1/p-1/t8-,10-,11-,12-,13+;/m1./s1. The van der Waals surface area contributed by atoms with Crippen molar-refractivity contribution in [3.05, 3.63) is 0 Å². The van der Waals surface area contributed by atoms with E-state index in [-0.39, 0.29) is 42.5 Å². The number of carbonyl (C=O) groups is 1. The third-order valence-electron chi connectivity index (χ3n) is 3.52. The molecule has 1 heterocycles. The van der Waals surface area contributed by atoms with Crippen molar-refractivity contribution in [2.45, 2.75) is 56.3 Å². The van der Waals surface area contributed by atoms with E-state index in [2.05, 4.69) is 0 Å². The Bertz CT molecular complexity index is 321. The fourth-order valence-corrected chi connectivity index (χ4v) is 2.32. The van der Waals surface area contributed by atoms with Gasteiger partial charge in [-0.1, -0.05) is 6.42 Å². The van der Waals surface area contributed by atoms with Crippen LogP contribution in [0.2, 0.25) is 0 Å². The van der Waals surface area contributed by atoms with E-state index in [0.29, 0.717) is 25.9 Å². The largest absolute Gasteiger partial charge is 1.00 e. The van der Waals surface area contributed by atoms with Gasteiger partial charge in [-0.05, 0) is 19.3 Å². The minimum absolute atomic E-state index is 0. The Balaban J connectivity index is 0.00000441. The van der Waals surface area contributed by atoms with Gasteiger partial charge >= 0.3 is 29.6 Å². The van der Waals surface area contributed by atoms with Gasteiger partial charge in [-0.15, -0.1) is 0 Å². The van der Waals surface area contributed by atoms with Crippen LogP contribution in [0.25, 0.3) is 0 Å². The van der Waals surface area contributed by atoms with Crippen LogP contribution in [-0.4, -0.2) is 62.0 Å². The zero-order valence-corrected chi connectivity index (χ0v) is 15.3. The Morgan fingerprint density at radius 3 is 2.59 bits per heavy atom. The molecule has 0 radical (unpaired) electrons. The molecule has 0 aliphatic carbocycles. The van der Waals surface area contributed by atoms with Gasteiger partial charge in [0.15, 0.2) is 6.29 Å². The van der Waals surface area contributed by atoms with Gasteiger partial charge in [0.25, 0.3) is 0 Å². The first-order valence-corrected chi connectivity index (χ1v) is 7.14. The van der Waals surface area contributed by atoms with Gasteiger partial charge in [0.05, 0.1) is 6.04 Å². The van der Waals surface area contributed by atoms with Crippen LogP contribution in [0, 0.1) is 0 Å². The second-order valence-electron chi connectivity index (χ2n) is 5.10. The number of nitrogens with two attached hydrogens (primary N) is 2. The number of carbonyl (C=O) groups excluding carboxylic acids is 1. The second-order valence-corrected chi connectivity index (χ2v) is 5.10. The number of rotatable bonds is 9. The molecule has 8 nitrogen and oxygen atoms in total. The average Bonchev–Trinajstić information content (AvgIpc) is 2.46. The molecule has 0 amide bonds. The molecule has 22 heavy (non-hydrogen) atoms. The van der Waals surface area contributed by atoms with Gasteiger partial charge in [0, 0.05) is 26.2 Å². The molecule has 124 valence electrons. The number of carboxylic acid groups (broad SMARTS) is 1. The van der Waals surface area contributed by atoms with Gasteiger partial charge in [-0.3, -0.25) is 0 Å².